The molecule has 0 bridgehead atoms. The maximum atomic E-state index is 11.7. The van der Waals surface area contributed by atoms with Gasteiger partial charge in [0, 0.05) is 25.4 Å². The van der Waals surface area contributed by atoms with Crippen LogP contribution in [0.15, 0.2) is 0 Å². The van der Waals surface area contributed by atoms with E-state index in [1.54, 1.807) is 23.6 Å². The van der Waals surface area contributed by atoms with Crippen molar-refractivity contribution in [2.24, 2.45) is 11.5 Å². The molecule has 0 saturated heterocycles. The van der Waals surface area contributed by atoms with Crippen LogP contribution in [0.25, 0.3) is 0 Å². The summed E-state index contributed by atoms with van der Waals surface area (Å²) in [6.45, 7) is 5.74. The Hall–Kier alpha value is -1.80. The molecule has 0 spiro atoms. The van der Waals surface area contributed by atoms with Crippen LogP contribution in [0, 0.1) is 0 Å². The molecule has 0 aliphatic carbocycles. The van der Waals surface area contributed by atoms with Crippen LogP contribution in [0.5, 0.6) is 0 Å². The van der Waals surface area contributed by atoms with E-state index in [0.717, 1.165) is 0 Å². The molecule has 132 valence electrons. The lowest BCUT2D eigenvalue weighted by Crippen LogP contribution is -2.49. The van der Waals surface area contributed by atoms with Crippen molar-refractivity contribution in [2.45, 2.75) is 39.7 Å². The molecular weight excluding hydrogens is 300 g/mol. The van der Waals surface area contributed by atoms with Crippen LogP contribution in [-0.4, -0.2) is 71.9 Å². The van der Waals surface area contributed by atoms with Crippen LogP contribution in [0.4, 0.5) is 0 Å². The van der Waals surface area contributed by atoms with Crippen molar-refractivity contribution in [3.63, 3.8) is 0 Å². The molecule has 0 aromatic carbocycles. The number of primary amides is 2. The minimum Gasteiger partial charge on any atom is -0.369 e. The van der Waals surface area contributed by atoms with Crippen LogP contribution in [0.2, 0.25) is 0 Å². The second-order valence-corrected chi connectivity index (χ2v) is 5.64. The molecule has 0 unspecified atom stereocenters. The van der Waals surface area contributed by atoms with Crippen molar-refractivity contribution in [1.29, 1.82) is 0 Å². The fourth-order valence-electron chi connectivity index (χ4n) is 2.16. The lowest BCUT2D eigenvalue weighted by atomic mass is 10.2. The third-order valence-electron chi connectivity index (χ3n) is 3.45. The van der Waals surface area contributed by atoms with Gasteiger partial charge in [-0.15, -0.1) is 0 Å². The Labute approximate surface area is 137 Å². The molecule has 0 saturated carbocycles. The average Bonchev–Trinajstić information content (AvgIpc) is 2.44. The summed E-state index contributed by atoms with van der Waals surface area (Å²) in [4.78, 5) is 48.9. The number of carbonyl (C=O) groups is 4. The predicted molar refractivity (Wildman–Crippen MR) is 86.5 cm³/mol. The van der Waals surface area contributed by atoms with E-state index in [9.17, 15) is 19.2 Å². The first kappa shape index (κ1) is 21.2. The molecule has 8 heteroatoms. The van der Waals surface area contributed by atoms with Crippen LogP contribution < -0.4 is 11.5 Å². The number of ketones is 2. The second-order valence-electron chi connectivity index (χ2n) is 5.64. The van der Waals surface area contributed by atoms with Crippen LogP contribution in [0.1, 0.15) is 33.6 Å². The highest BCUT2D eigenvalue weighted by atomic mass is 16.2. The van der Waals surface area contributed by atoms with Gasteiger partial charge in [-0.25, -0.2) is 0 Å². The minimum absolute atomic E-state index is 0.00969. The molecule has 0 aliphatic heterocycles. The molecule has 0 fully saturated rings. The quantitative estimate of drug-likeness (QED) is 0.442. The van der Waals surface area contributed by atoms with Gasteiger partial charge in [0.15, 0.2) is 0 Å². The van der Waals surface area contributed by atoms with Crippen molar-refractivity contribution in [2.75, 3.05) is 32.7 Å². The van der Waals surface area contributed by atoms with Crippen molar-refractivity contribution in [3.8, 4) is 0 Å². The van der Waals surface area contributed by atoms with Crippen molar-refractivity contribution >= 4 is 23.4 Å². The Kier molecular flexibility index (Phi) is 10.00. The van der Waals surface area contributed by atoms with Crippen LogP contribution in [0.3, 0.4) is 0 Å². The summed E-state index contributed by atoms with van der Waals surface area (Å²) in [7, 11) is 0. The molecule has 4 N–H and O–H groups in total. The van der Waals surface area contributed by atoms with Gasteiger partial charge in [-0.05, 0) is 6.92 Å². The largest absolute Gasteiger partial charge is 0.369 e. The van der Waals surface area contributed by atoms with E-state index >= 15 is 0 Å². The minimum atomic E-state index is -0.535. The summed E-state index contributed by atoms with van der Waals surface area (Å²) in [5.74, 6) is -1.09. The summed E-state index contributed by atoms with van der Waals surface area (Å²) in [5, 5.41) is 0. The van der Waals surface area contributed by atoms with Gasteiger partial charge in [0.05, 0.1) is 26.2 Å². The molecule has 2 amide bonds. The molecule has 0 aromatic rings. The SMILES string of the molecule is CCC(=O)CN(CC(N)=O)C[C@H](C)N(CC(N)=O)CC(=O)CC. The summed E-state index contributed by atoms with van der Waals surface area (Å²) in [5.41, 5.74) is 10.4. The molecule has 0 rings (SSSR count). The summed E-state index contributed by atoms with van der Waals surface area (Å²) < 4.78 is 0. The highest BCUT2D eigenvalue weighted by Gasteiger charge is 2.22. The first-order valence-corrected chi connectivity index (χ1v) is 7.75. The Balaban J connectivity index is 4.93. The van der Waals surface area contributed by atoms with Gasteiger partial charge in [0.25, 0.3) is 0 Å². The normalized spacial score (nSPS) is 12.4. The highest BCUT2D eigenvalue weighted by molar-refractivity contribution is 5.82. The number of Topliss-reactive ketones (excluding diaryl/α,β-unsaturated/α-hetero) is 2. The number of amides is 2. The third-order valence-corrected chi connectivity index (χ3v) is 3.45. The molecule has 0 aliphatic rings. The zero-order chi connectivity index (χ0) is 18.0. The fourth-order valence-corrected chi connectivity index (χ4v) is 2.16. The van der Waals surface area contributed by atoms with Gasteiger partial charge in [-0.3, -0.25) is 29.0 Å². The summed E-state index contributed by atoms with van der Waals surface area (Å²) in [6.07, 6.45) is 0.726. The second kappa shape index (κ2) is 10.8. The smallest absolute Gasteiger partial charge is 0.231 e. The summed E-state index contributed by atoms with van der Waals surface area (Å²) in [6, 6.07) is -0.234. The molecule has 8 nitrogen and oxygen atoms in total. The molecule has 0 radical (unpaired) electrons. The Bertz CT molecular complexity index is 439. The lowest BCUT2D eigenvalue weighted by Gasteiger charge is -2.31. The van der Waals surface area contributed by atoms with Gasteiger partial charge < -0.3 is 11.5 Å². The van der Waals surface area contributed by atoms with E-state index in [2.05, 4.69) is 0 Å². The van der Waals surface area contributed by atoms with Gasteiger partial charge in [-0.1, -0.05) is 13.8 Å². The highest BCUT2D eigenvalue weighted by Crippen LogP contribution is 2.04. The van der Waals surface area contributed by atoms with Crippen molar-refractivity contribution in [3.05, 3.63) is 0 Å². The average molecular weight is 328 g/mol. The van der Waals surface area contributed by atoms with E-state index < -0.39 is 11.8 Å². The van der Waals surface area contributed by atoms with E-state index in [1.165, 1.54) is 0 Å². The zero-order valence-electron chi connectivity index (χ0n) is 14.2. The summed E-state index contributed by atoms with van der Waals surface area (Å²) >= 11 is 0. The standard InChI is InChI=1S/C15H28N4O4/c1-4-12(20)7-18(9-14(16)22)6-11(3)19(10-15(17)23)8-13(21)5-2/h11H,4-10H2,1-3H3,(H2,16,22)(H2,17,23)/t11-/m0/s1. The van der Waals surface area contributed by atoms with E-state index in [0.29, 0.717) is 19.4 Å². The maximum absolute atomic E-state index is 11.7. The number of rotatable bonds is 13. The molecule has 0 heterocycles. The van der Waals surface area contributed by atoms with Crippen LogP contribution >= 0.6 is 0 Å². The molecule has 1 atom stereocenters. The molecule has 23 heavy (non-hydrogen) atoms. The van der Waals surface area contributed by atoms with Crippen LogP contribution in [-0.2, 0) is 19.2 Å². The van der Waals surface area contributed by atoms with E-state index in [1.807, 2.05) is 6.92 Å². The first-order chi connectivity index (χ1) is 10.7. The number of hydrogen-bond donors (Lipinski definition) is 2. The van der Waals surface area contributed by atoms with Gasteiger partial charge in [0.2, 0.25) is 11.8 Å². The molecular formula is C15H28N4O4. The number of hydrogen-bond acceptors (Lipinski definition) is 6. The van der Waals surface area contributed by atoms with Crippen molar-refractivity contribution in [1.82, 2.24) is 9.80 Å². The number of carbonyl (C=O) groups excluding carboxylic acids is 4. The van der Waals surface area contributed by atoms with Crippen molar-refractivity contribution < 1.29 is 19.2 Å². The monoisotopic (exact) mass is 328 g/mol. The maximum Gasteiger partial charge on any atom is 0.231 e. The topological polar surface area (TPSA) is 127 Å². The Morgan fingerprint density at radius 3 is 1.74 bits per heavy atom. The van der Waals surface area contributed by atoms with Gasteiger partial charge in [0.1, 0.15) is 11.6 Å². The molecule has 0 aromatic heterocycles. The Morgan fingerprint density at radius 1 is 0.826 bits per heavy atom. The van der Waals surface area contributed by atoms with Gasteiger partial charge in [-0.2, -0.15) is 0 Å². The number of nitrogens with two attached hydrogens (primary N) is 2. The third kappa shape index (κ3) is 9.75. The van der Waals surface area contributed by atoms with E-state index in [4.69, 9.17) is 11.5 Å². The zero-order valence-corrected chi connectivity index (χ0v) is 14.2. The van der Waals surface area contributed by atoms with Gasteiger partial charge >= 0.3 is 0 Å². The predicted octanol–water partition coefficient (Wildman–Crippen LogP) is -1.09. The lowest BCUT2D eigenvalue weighted by molar-refractivity contribution is -0.126. The first-order valence-electron chi connectivity index (χ1n) is 7.75. The number of nitrogens with zero attached hydrogens (tertiary/aromatic N) is 2. The van der Waals surface area contributed by atoms with E-state index in [-0.39, 0.29) is 43.8 Å². The fraction of sp³-hybridized carbons (Fsp3) is 0.733. The Morgan fingerprint density at radius 2 is 1.30 bits per heavy atom.